The number of aryl methyl sites for hydroxylation is 1. The zero-order chi connectivity index (χ0) is 17.0. The average molecular weight is 367 g/mol. The van der Waals surface area contributed by atoms with Crippen LogP contribution in [-0.4, -0.2) is 46.2 Å². The summed E-state index contributed by atoms with van der Waals surface area (Å²) in [6, 6.07) is 9.06. The Morgan fingerprint density at radius 2 is 2.08 bits per heavy atom. The van der Waals surface area contributed by atoms with Gasteiger partial charge in [0.25, 0.3) is 0 Å². The second kappa shape index (κ2) is 7.76. The predicted molar refractivity (Wildman–Crippen MR) is 95.8 cm³/mol. The van der Waals surface area contributed by atoms with Gasteiger partial charge in [0, 0.05) is 25.7 Å². The van der Waals surface area contributed by atoms with Gasteiger partial charge < -0.3 is 4.74 Å². The lowest BCUT2D eigenvalue weighted by Crippen LogP contribution is -2.43. The summed E-state index contributed by atoms with van der Waals surface area (Å²) < 4.78 is 33.4. The predicted octanol–water partition coefficient (Wildman–Crippen LogP) is 2.41. The van der Waals surface area contributed by atoms with Crippen molar-refractivity contribution in [2.75, 3.05) is 32.8 Å². The third kappa shape index (κ3) is 4.23. The van der Waals surface area contributed by atoms with E-state index in [1.54, 1.807) is 29.5 Å². The van der Waals surface area contributed by atoms with Crippen molar-refractivity contribution >= 4 is 21.4 Å². The Morgan fingerprint density at radius 1 is 1.29 bits per heavy atom. The van der Waals surface area contributed by atoms with Crippen LogP contribution in [0.2, 0.25) is 0 Å². The molecule has 0 spiro atoms. The van der Waals surface area contributed by atoms with E-state index in [0.29, 0.717) is 24.7 Å². The van der Waals surface area contributed by atoms with Crippen LogP contribution in [0.25, 0.3) is 0 Å². The number of nitrogens with zero attached hydrogens (tertiary/aromatic N) is 1. The van der Waals surface area contributed by atoms with Crippen LogP contribution in [0.5, 0.6) is 0 Å². The molecule has 0 amide bonds. The van der Waals surface area contributed by atoms with Crippen LogP contribution in [-0.2, 0) is 14.8 Å². The molecule has 1 aliphatic heterocycles. The second-order valence-electron chi connectivity index (χ2n) is 5.89. The van der Waals surface area contributed by atoms with Crippen LogP contribution < -0.4 is 4.72 Å². The summed E-state index contributed by atoms with van der Waals surface area (Å²) in [5, 5.41) is 4.11. The van der Waals surface area contributed by atoms with Crippen molar-refractivity contribution in [3.8, 4) is 0 Å². The van der Waals surface area contributed by atoms with Gasteiger partial charge in [-0.3, -0.25) is 4.90 Å². The van der Waals surface area contributed by atoms with E-state index in [9.17, 15) is 8.42 Å². The minimum absolute atomic E-state index is 0.0275. The van der Waals surface area contributed by atoms with Gasteiger partial charge in [-0.25, -0.2) is 13.1 Å². The molecule has 1 saturated heterocycles. The first-order chi connectivity index (χ1) is 11.6. The molecule has 1 aliphatic rings. The van der Waals surface area contributed by atoms with E-state index in [-0.39, 0.29) is 6.04 Å². The van der Waals surface area contributed by atoms with E-state index in [4.69, 9.17) is 4.74 Å². The zero-order valence-corrected chi connectivity index (χ0v) is 15.3. The molecule has 3 rings (SSSR count). The van der Waals surface area contributed by atoms with E-state index in [1.165, 1.54) is 0 Å². The van der Waals surface area contributed by atoms with E-state index >= 15 is 0 Å². The summed E-state index contributed by atoms with van der Waals surface area (Å²) in [5.41, 5.74) is 2.08. The lowest BCUT2D eigenvalue weighted by Gasteiger charge is -2.34. The summed E-state index contributed by atoms with van der Waals surface area (Å²) in [4.78, 5) is 2.60. The fraction of sp³-hybridized carbons (Fsp3) is 0.412. The van der Waals surface area contributed by atoms with E-state index in [2.05, 4.69) is 21.1 Å². The summed E-state index contributed by atoms with van der Waals surface area (Å²) in [5.74, 6) is 0. The second-order valence-corrected chi connectivity index (χ2v) is 8.44. The molecule has 1 unspecified atom stereocenters. The molecule has 0 bridgehead atoms. The van der Waals surface area contributed by atoms with Crippen LogP contribution >= 0.6 is 11.3 Å². The zero-order valence-electron chi connectivity index (χ0n) is 13.6. The fourth-order valence-corrected chi connectivity index (χ4v) is 4.72. The first-order valence-electron chi connectivity index (χ1n) is 7.96. The first kappa shape index (κ1) is 17.6. The number of nitrogens with one attached hydrogen (secondary N) is 1. The Hall–Kier alpha value is -1.25. The van der Waals surface area contributed by atoms with Crippen LogP contribution in [0.15, 0.2) is 46.0 Å². The maximum Gasteiger partial charge on any atom is 0.240 e. The number of hydrogen-bond acceptors (Lipinski definition) is 5. The molecule has 0 radical (unpaired) electrons. The summed E-state index contributed by atoms with van der Waals surface area (Å²) in [6.07, 6.45) is 0. The molecule has 1 N–H and O–H groups in total. The molecule has 1 atom stereocenters. The van der Waals surface area contributed by atoms with Crippen LogP contribution in [0.1, 0.15) is 17.2 Å². The highest BCUT2D eigenvalue weighted by atomic mass is 32.2. The normalized spacial score (nSPS) is 17.7. The molecule has 1 fully saturated rings. The molecule has 0 saturated carbocycles. The van der Waals surface area contributed by atoms with Crippen molar-refractivity contribution in [1.29, 1.82) is 0 Å². The Kier molecular flexibility index (Phi) is 5.68. The van der Waals surface area contributed by atoms with Crippen molar-refractivity contribution < 1.29 is 13.2 Å². The van der Waals surface area contributed by atoms with Gasteiger partial charge in [-0.05, 0) is 47.0 Å². The van der Waals surface area contributed by atoms with Gasteiger partial charge in [0.05, 0.1) is 18.1 Å². The fourth-order valence-electron chi connectivity index (χ4n) is 2.87. The summed E-state index contributed by atoms with van der Waals surface area (Å²) in [7, 11) is -3.51. The summed E-state index contributed by atoms with van der Waals surface area (Å²) >= 11 is 1.63. The lowest BCUT2D eigenvalue weighted by molar-refractivity contribution is 0.0173. The van der Waals surface area contributed by atoms with Crippen molar-refractivity contribution in [3.05, 3.63) is 52.2 Å². The molecular weight excluding hydrogens is 344 g/mol. The number of benzene rings is 1. The molecule has 7 heteroatoms. The van der Waals surface area contributed by atoms with Gasteiger partial charge >= 0.3 is 0 Å². The van der Waals surface area contributed by atoms with E-state index in [1.807, 2.05) is 18.4 Å². The van der Waals surface area contributed by atoms with Crippen molar-refractivity contribution in [3.63, 3.8) is 0 Å². The Balaban J connectivity index is 1.75. The molecular formula is C17H22N2O3S2. The number of thiophene rings is 1. The topological polar surface area (TPSA) is 58.6 Å². The largest absolute Gasteiger partial charge is 0.379 e. The molecule has 0 aliphatic carbocycles. The third-order valence-corrected chi connectivity index (χ3v) is 6.30. The minimum Gasteiger partial charge on any atom is -0.379 e. The summed E-state index contributed by atoms with van der Waals surface area (Å²) in [6.45, 7) is 5.24. The quantitative estimate of drug-likeness (QED) is 0.853. The lowest BCUT2D eigenvalue weighted by atomic mass is 10.1. The molecule has 1 aromatic heterocycles. The van der Waals surface area contributed by atoms with Gasteiger partial charge in [0.1, 0.15) is 0 Å². The monoisotopic (exact) mass is 366 g/mol. The van der Waals surface area contributed by atoms with Gasteiger partial charge in [0.2, 0.25) is 10.0 Å². The van der Waals surface area contributed by atoms with Crippen LogP contribution in [0.4, 0.5) is 0 Å². The Bertz CT molecular complexity index is 754. The van der Waals surface area contributed by atoms with Crippen molar-refractivity contribution in [1.82, 2.24) is 9.62 Å². The van der Waals surface area contributed by atoms with Crippen molar-refractivity contribution in [2.45, 2.75) is 17.9 Å². The maximum atomic E-state index is 12.6. The highest BCUT2D eigenvalue weighted by Crippen LogP contribution is 2.24. The van der Waals surface area contributed by atoms with Crippen LogP contribution in [0.3, 0.4) is 0 Å². The number of hydrogen-bond donors (Lipinski definition) is 1. The SMILES string of the molecule is Cc1cccc(S(=O)(=O)NCC(c2ccsc2)N2CCOCC2)c1. The number of morpholine rings is 1. The molecule has 1 aromatic carbocycles. The molecule has 130 valence electrons. The molecule has 24 heavy (non-hydrogen) atoms. The minimum atomic E-state index is -3.51. The van der Waals surface area contributed by atoms with Gasteiger partial charge in [-0.2, -0.15) is 11.3 Å². The molecule has 5 nitrogen and oxygen atoms in total. The molecule has 2 heterocycles. The van der Waals surface area contributed by atoms with Gasteiger partial charge in [-0.15, -0.1) is 0 Å². The first-order valence-corrected chi connectivity index (χ1v) is 10.4. The number of sulfonamides is 1. The van der Waals surface area contributed by atoms with Crippen LogP contribution in [0, 0.1) is 6.92 Å². The van der Waals surface area contributed by atoms with E-state index < -0.39 is 10.0 Å². The Labute approximate surface area is 147 Å². The standard InChI is InChI=1S/C17H22N2O3S2/c1-14-3-2-4-16(11-14)24(20,21)18-12-17(15-5-10-23-13-15)19-6-8-22-9-7-19/h2-5,10-11,13,17-18H,6-9,12H2,1H3. The number of rotatable bonds is 6. The highest BCUT2D eigenvalue weighted by molar-refractivity contribution is 7.89. The number of ether oxygens (including phenoxy) is 1. The highest BCUT2D eigenvalue weighted by Gasteiger charge is 2.25. The molecule has 2 aromatic rings. The van der Waals surface area contributed by atoms with Gasteiger partial charge in [0.15, 0.2) is 0 Å². The van der Waals surface area contributed by atoms with E-state index in [0.717, 1.165) is 24.2 Å². The smallest absolute Gasteiger partial charge is 0.240 e. The Morgan fingerprint density at radius 3 is 2.75 bits per heavy atom. The average Bonchev–Trinajstić information content (AvgIpc) is 3.10. The third-order valence-electron chi connectivity index (χ3n) is 4.18. The maximum absolute atomic E-state index is 12.6. The van der Waals surface area contributed by atoms with Crippen molar-refractivity contribution in [2.24, 2.45) is 0 Å². The van der Waals surface area contributed by atoms with Gasteiger partial charge in [-0.1, -0.05) is 12.1 Å².